The summed E-state index contributed by atoms with van der Waals surface area (Å²) < 4.78 is 13.4. The van der Waals surface area contributed by atoms with Gasteiger partial charge < -0.3 is 9.47 Å². The lowest BCUT2D eigenvalue weighted by Crippen LogP contribution is -2.55. The molecule has 0 saturated heterocycles. The van der Waals surface area contributed by atoms with Crippen LogP contribution in [-0.4, -0.2) is 51.7 Å². The minimum absolute atomic E-state index is 0.287. The van der Waals surface area contributed by atoms with Crippen molar-refractivity contribution < 1.29 is 19.1 Å². The molecular weight excluding hydrogens is 502 g/mol. The highest BCUT2D eigenvalue weighted by atomic mass is 16.6. The Morgan fingerprint density at radius 1 is 1.10 bits per heavy atom. The van der Waals surface area contributed by atoms with Gasteiger partial charge in [-0.2, -0.15) is 0 Å². The molecule has 0 bridgehead atoms. The number of ether oxygens (including phenoxy) is 2. The van der Waals surface area contributed by atoms with Gasteiger partial charge in [0.15, 0.2) is 5.54 Å². The Kier molecular flexibility index (Phi) is 8.64. The number of fused-ring (bicyclic) bond motifs is 1. The summed E-state index contributed by atoms with van der Waals surface area (Å²) >= 11 is 0. The largest absolute Gasteiger partial charge is 0.464 e. The van der Waals surface area contributed by atoms with Crippen molar-refractivity contribution in [3.63, 3.8) is 0 Å². The number of imidazole rings is 1. The van der Waals surface area contributed by atoms with Crippen molar-refractivity contribution in [2.24, 2.45) is 0 Å². The van der Waals surface area contributed by atoms with Crippen LogP contribution in [0, 0.1) is 0 Å². The Bertz CT molecular complexity index is 1380. The molecule has 1 unspecified atom stereocenters. The molecule has 0 saturated carbocycles. The molecule has 0 spiro atoms. The van der Waals surface area contributed by atoms with Gasteiger partial charge in [-0.15, -0.1) is 6.58 Å². The van der Waals surface area contributed by atoms with Crippen LogP contribution in [0.5, 0.6) is 0 Å². The monoisotopic (exact) mass is 543 g/mol. The summed E-state index contributed by atoms with van der Waals surface area (Å²) in [6.45, 7) is 17.0. The first-order chi connectivity index (χ1) is 19.0. The van der Waals surface area contributed by atoms with Crippen LogP contribution in [0.25, 0.3) is 16.8 Å². The smallest absolute Gasteiger partial charge is 0.339 e. The van der Waals surface area contributed by atoms with Crippen LogP contribution in [0.3, 0.4) is 0 Å². The molecule has 4 rings (SSSR count). The average molecular weight is 544 g/mol. The van der Waals surface area contributed by atoms with E-state index in [9.17, 15) is 9.59 Å². The van der Waals surface area contributed by atoms with Crippen molar-refractivity contribution in [1.29, 1.82) is 0 Å². The second-order valence-electron chi connectivity index (χ2n) is 11.3. The molecule has 7 nitrogen and oxygen atoms in total. The van der Waals surface area contributed by atoms with Crippen LogP contribution in [0.4, 0.5) is 0 Å². The van der Waals surface area contributed by atoms with Crippen LogP contribution >= 0.6 is 0 Å². The quantitative estimate of drug-likeness (QED) is 0.234. The summed E-state index contributed by atoms with van der Waals surface area (Å²) in [4.78, 5) is 33.7. The SMILES string of the molecule is C=CCN1CCc2nc(CCC)n(-c3ccc(-c4ccccc4C(=O)OC(C)(C)C)cc3)c2C1(C)C(=O)OCC. The third-order valence-corrected chi connectivity index (χ3v) is 7.21. The second kappa shape index (κ2) is 11.8. The minimum Gasteiger partial charge on any atom is -0.464 e. The van der Waals surface area contributed by atoms with E-state index >= 15 is 0 Å². The number of carbonyl (C=O) groups is 2. The van der Waals surface area contributed by atoms with E-state index < -0.39 is 11.1 Å². The van der Waals surface area contributed by atoms with E-state index in [0.717, 1.165) is 53.3 Å². The molecule has 40 heavy (non-hydrogen) atoms. The van der Waals surface area contributed by atoms with E-state index in [-0.39, 0.29) is 11.9 Å². The number of esters is 2. The fourth-order valence-electron chi connectivity index (χ4n) is 5.44. The van der Waals surface area contributed by atoms with Gasteiger partial charge in [0.05, 0.1) is 23.6 Å². The Balaban J connectivity index is 1.83. The number of rotatable bonds is 9. The predicted octanol–water partition coefficient (Wildman–Crippen LogP) is 6.27. The van der Waals surface area contributed by atoms with Crippen LogP contribution < -0.4 is 0 Å². The van der Waals surface area contributed by atoms with Gasteiger partial charge in [-0.25, -0.2) is 14.6 Å². The first-order valence-corrected chi connectivity index (χ1v) is 14.1. The van der Waals surface area contributed by atoms with Gasteiger partial charge in [0.2, 0.25) is 0 Å². The molecule has 7 heteroatoms. The lowest BCUT2D eigenvalue weighted by molar-refractivity contribution is -0.158. The number of nitrogens with zero attached hydrogens (tertiary/aromatic N) is 3. The van der Waals surface area contributed by atoms with Crippen molar-refractivity contribution in [2.45, 2.75) is 71.9 Å². The predicted molar refractivity (Wildman–Crippen MR) is 158 cm³/mol. The molecule has 2 aromatic carbocycles. The highest BCUT2D eigenvalue weighted by Crippen LogP contribution is 2.39. The van der Waals surface area contributed by atoms with E-state index in [1.54, 1.807) is 6.07 Å². The highest BCUT2D eigenvalue weighted by molar-refractivity contribution is 5.97. The summed E-state index contributed by atoms with van der Waals surface area (Å²) in [5, 5.41) is 0. The molecule has 1 aliphatic heterocycles. The first kappa shape index (κ1) is 29.3. The fraction of sp³-hybridized carbons (Fsp3) is 0.424. The van der Waals surface area contributed by atoms with E-state index in [4.69, 9.17) is 14.5 Å². The lowest BCUT2D eigenvalue weighted by Gasteiger charge is -2.42. The summed E-state index contributed by atoms with van der Waals surface area (Å²) in [5.74, 6) is 0.281. The maximum atomic E-state index is 13.6. The van der Waals surface area contributed by atoms with Crippen molar-refractivity contribution in [3.8, 4) is 16.8 Å². The van der Waals surface area contributed by atoms with Crippen molar-refractivity contribution >= 4 is 11.9 Å². The van der Waals surface area contributed by atoms with E-state index in [2.05, 4.69) is 23.0 Å². The zero-order chi connectivity index (χ0) is 29.1. The molecule has 0 radical (unpaired) electrons. The van der Waals surface area contributed by atoms with Gasteiger partial charge in [-0.05, 0) is 70.4 Å². The first-order valence-electron chi connectivity index (χ1n) is 14.1. The Morgan fingerprint density at radius 2 is 1.80 bits per heavy atom. The summed E-state index contributed by atoms with van der Waals surface area (Å²) in [5.41, 5.74) is 3.31. The van der Waals surface area contributed by atoms with Gasteiger partial charge in [0.25, 0.3) is 0 Å². The number of benzene rings is 2. The van der Waals surface area contributed by atoms with E-state index in [0.29, 0.717) is 25.3 Å². The van der Waals surface area contributed by atoms with Gasteiger partial charge in [0, 0.05) is 31.6 Å². The molecule has 2 heterocycles. The fourth-order valence-corrected chi connectivity index (χ4v) is 5.44. The number of aromatic nitrogens is 2. The molecule has 3 aromatic rings. The molecule has 0 aliphatic carbocycles. The average Bonchev–Trinajstić information content (AvgIpc) is 3.29. The van der Waals surface area contributed by atoms with Crippen LogP contribution in [0.1, 0.15) is 75.5 Å². The summed E-state index contributed by atoms with van der Waals surface area (Å²) in [6, 6.07) is 15.6. The summed E-state index contributed by atoms with van der Waals surface area (Å²) in [6.07, 6.45) is 4.26. The third kappa shape index (κ3) is 5.61. The Hall–Kier alpha value is -3.71. The number of hydrogen-bond donors (Lipinski definition) is 0. The number of carbonyl (C=O) groups excluding carboxylic acids is 2. The molecule has 1 atom stereocenters. The molecule has 0 amide bonds. The van der Waals surface area contributed by atoms with Gasteiger partial charge in [-0.1, -0.05) is 43.3 Å². The Morgan fingerprint density at radius 3 is 2.42 bits per heavy atom. The zero-order valence-corrected chi connectivity index (χ0v) is 24.6. The topological polar surface area (TPSA) is 73.7 Å². The summed E-state index contributed by atoms with van der Waals surface area (Å²) in [7, 11) is 0. The molecule has 0 N–H and O–H groups in total. The zero-order valence-electron chi connectivity index (χ0n) is 24.6. The maximum Gasteiger partial charge on any atom is 0.339 e. The minimum atomic E-state index is -1.02. The molecular formula is C33H41N3O4. The van der Waals surface area contributed by atoms with Crippen LogP contribution in [0.15, 0.2) is 61.2 Å². The van der Waals surface area contributed by atoms with Crippen LogP contribution in [-0.2, 0) is 32.6 Å². The maximum absolute atomic E-state index is 13.6. The third-order valence-electron chi connectivity index (χ3n) is 7.21. The normalized spacial score (nSPS) is 17.2. The van der Waals surface area contributed by atoms with Crippen molar-refractivity contribution in [3.05, 3.63) is 84.0 Å². The number of hydrogen-bond acceptors (Lipinski definition) is 6. The molecule has 1 aromatic heterocycles. The van der Waals surface area contributed by atoms with Gasteiger partial charge >= 0.3 is 11.9 Å². The van der Waals surface area contributed by atoms with Crippen LogP contribution in [0.2, 0.25) is 0 Å². The molecule has 0 fully saturated rings. The van der Waals surface area contributed by atoms with Gasteiger partial charge in [0.1, 0.15) is 11.4 Å². The van der Waals surface area contributed by atoms with Gasteiger partial charge in [-0.3, -0.25) is 9.47 Å². The standard InChI is InChI=1S/C33H41N3O4/c1-8-13-28-34-27-20-22-35(21-9-2)33(7,31(38)39-10-3)29(27)36(28)24-18-16-23(17-19-24)25-14-11-12-15-26(25)30(37)40-32(4,5)6/h9,11-12,14-19H,2,8,10,13,20-22H2,1,3-7H3. The number of aryl methyl sites for hydroxylation is 1. The van der Waals surface area contributed by atoms with Crippen molar-refractivity contribution in [1.82, 2.24) is 14.5 Å². The van der Waals surface area contributed by atoms with E-state index in [1.165, 1.54) is 0 Å². The van der Waals surface area contributed by atoms with E-state index in [1.807, 2.05) is 83.2 Å². The lowest BCUT2D eigenvalue weighted by atomic mass is 9.88. The Labute approximate surface area is 237 Å². The molecule has 212 valence electrons. The molecule has 1 aliphatic rings. The van der Waals surface area contributed by atoms with Crippen molar-refractivity contribution in [2.75, 3.05) is 19.7 Å². The second-order valence-corrected chi connectivity index (χ2v) is 11.3. The highest BCUT2D eigenvalue weighted by Gasteiger charge is 2.49.